The maximum atomic E-state index is 11.0. The fourth-order valence-corrected chi connectivity index (χ4v) is 2.07. The topological polar surface area (TPSA) is 47.6 Å². The zero-order valence-corrected chi connectivity index (χ0v) is 12.2. The van der Waals surface area contributed by atoms with Crippen LogP contribution < -0.4 is 5.32 Å². The first kappa shape index (κ1) is 15.0. The van der Waals surface area contributed by atoms with E-state index in [4.69, 9.17) is 9.47 Å². The Morgan fingerprint density at radius 1 is 1.39 bits per heavy atom. The highest BCUT2D eigenvalue weighted by Gasteiger charge is 2.01. The Morgan fingerprint density at radius 3 is 2.83 bits per heavy atom. The molecule has 5 heteroatoms. The van der Waals surface area contributed by atoms with Crippen LogP contribution in [0.2, 0.25) is 0 Å². The van der Waals surface area contributed by atoms with Crippen LogP contribution in [0.25, 0.3) is 0 Å². The molecular formula is C13H18BrNO3. The minimum Gasteiger partial charge on any atom is -0.464 e. The number of halogens is 1. The third kappa shape index (κ3) is 6.02. The largest absolute Gasteiger partial charge is 0.464 e. The second-order valence-corrected chi connectivity index (χ2v) is 4.72. The molecule has 0 heterocycles. The highest BCUT2D eigenvalue weighted by molar-refractivity contribution is 9.10. The van der Waals surface area contributed by atoms with Gasteiger partial charge in [0, 0.05) is 16.7 Å². The molecule has 1 rings (SSSR count). The molecular weight excluding hydrogens is 298 g/mol. The molecule has 1 aromatic rings. The Balaban J connectivity index is 2.19. The van der Waals surface area contributed by atoms with Gasteiger partial charge in [0.1, 0.15) is 6.61 Å². The van der Waals surface area contributed by atoms with Crippen LogP contribution in [0.15, 0.2) is 22.7 Å². The molecule has 0 unspecified atom stereocenters. The second kappa shape index (κ2) is 8.11. The average molecular weight is 316 g/mol. The maximum Gasteiger partial charge on any atom is 0.332 e. The minimum absolute atomic E-state index is 0.00698. The number of ether oxygens (including phenoxy) is 2. The Morgan fingerprint density at radius 2 is 2.17 bits per heavy atom. The number of esters is 1. The summed E-state index contributed by atoms with van der Waals surface area (Å²) in [6.45, 7) is 5.31. The summed E-state index contributed by atoms with van der Waals surface area (Å²) in [5, 5.41) is 3.22. The van der Waals surface area contributed by atoms with E-state index >= 15 is 0 Å². The lowest BCUT2D eigenvalue weighted by molar-refractivity contribution is -0.148. The number of aryl methyl sites for hydroxylation is 1. The lowest BCUT2D eigenvalue weighted by Crippen LogP contribution is -2.16. The summed E-state index contributed by atoms with van der Waals surface area (Å²) >= 11 is 3.44. The van der Waals surface area contributed by atoms with Crippen LogP contribution >= 0.6 is 15.9 Å². The van der Waals surface area contributed by atoms with Gasteiger partial charge in [-0.3, -0.25) is 0 Å². The van der Waals surface area contributed by atoms with Gasteiger partial charge in [-0.2, -0.15) is 0 Å². The normalized spacial score (nSPS) is 10.2. The molecule has 0 atom stereocenters. The van der Waals surface area contributed by atoms with Crippen molar-refractivity contribution in [3.8, 4) is 0 Å². The molecule has 0 amide bonds. The molecule has 0 bridgehead atoms. The van der Waals surface area contributed by atoms with Gasteiger partial charge in [-0.25, -0.2) is 4.79 Å². The van der Waals surface area contributed by atoms with E-state index in [0.717, 1.165) is 10.2 Å². The van der Waals surface area contributed by atoms with Crippen LogP contribution in [-0.4, -0.2) is 32.3 Å². The number of rotatable bonds is 7. The molecule has 0 fully saturated rings. The highest BCUT2D eigenvalue weighted by Crippen LogP contribution is 2.18. The summed E-state index contributed by atoms with van der Waals surface area (Å²) in [6, 6.07) is 6.09. The first-order valence-corrected chi connectivity index (χ1v) is 6.65. The van der Waals surface area contributed by atoms with Crippen molar-refractivity contribution in [3.05, 3.63) is 28.2 Å². The predicted molar refractivity (Wildman–Crippen MR) is 74.8 cm³/mol. The van der Waals surface area contributed by atoms with Gasteiger partial charge in [0.05, 0.1) is 13.2 Å². The molecule has 0 radical (unpaired) electrons. The molecule has 0 aliphatic rings. The Kier molecular flexibility index (Phi) is 6.75. The molecule has 0 spiro atoms. The summed E-state index contributed by atoms with van der Waals surface area (Å²) in [7, 11) is 0. The van der Waals surface area contributed by atoms with Crippen LogP contribution in [0.3, 0.4) is 0 Å². The van der Waals surface area contributed by atoms with Gasteiger partial charge in [0.15, 0.2) is 0 Å². The molecule has 0 aliphatic carbocycles. The molecule has 100 valence electrons. The number of hydrogen-bond acceptors (Lipinski definition) is 4. The third-order valence-corrected chi connectivity index (χ3v) is 2.60. The number of carbonyl (C=O) groups is 1. The maximum absolute atomic E-state index is 11.0. The van der Waals surface area contributed by atoms with E-state index in [-0.39, 0.29) is 12.6 Å². The van der Waals surface area contributed by atoms with Crippen molar-refractivity contribution in [2.24, 2.45) is 0 Å². The molecule has 0 aromatic heterocycles. The van der Waals surface area contributed by atoms with Crippen LogP contribution in [0, 0.1) is 6.92 Å². The van der Waals surface area contributed by atoms with Gasteiger partial charge in [0.25, 0.3) is 0 Å². The van der Waals surface area contributed by atoms with Crippen molar-refractivity contribution in [2.45, 2.75) is 13.8 Å². The lowest BCUT2D eigenvalue weighted by Gasteiger charge is -2.08. The first-order valence-electron chi connectivity index (χ1n) is 5.86. The monoisotopic (exact) mass is 315 g/mol. The summed E-state index contributed by atoms with van der Waals surface area (Å²) in [4.78, 5) is 11.0. The van der Waals surface area contributed by atoms with Gasteiger partial charge < -0.3 is 14.8 Å². The van der Waals surface area contributed by atoms with Crippen molar-refractivity contribution in [1.82, 2.24) is 0 Å². The first-order chi connectivity index (χ1) is 8.61. The van der Waals surface area contributed by atoms with Crippen molar-refractivity contribution in [2.75, 3.05) is 31.7 Å². The summed E-state index contributed by atoms with van der Waals surface area (Å²) in [6.07, 6.45) is 0. The summed E-state index contributed by atoms with van der Waals surface area (Å²) in [5.74, 6) is -0.323. The van der Waals surface area contributed by atoms with E-state index in [1.807, 2.05) is 19.1 Å². The SMILES string of the molecule is CCOC(=O)COCCNc1cc(C)cc(Br)c1. The smallest absolute Gasteiger partial charge is 0.332 e. The van der Waals surface area contributed by atoms with E-state index < -0.39 is 0 Å². The van der Waals surface area contributed by atoms with E-state index in [9.17, 15) is 4.79 Å². The van der Waals surface area contributed by atoms with Crippen LogP contribution in [0.1, 0.15) is 12.5 Å². The number of hydrogen-bond donors (Lipinski definition) is 1. The van der Waals surface area contributed by atoms with Gasteiger partial charge in [-0.1, -0.05) is 15.9 Å². The molecule has 1 N–H and O–H groups in total. The van der Waals surface area contributed by atoms with Crippen LogP contribution in [-0.2, 0) is 14.3 Å². The number of nitrogens with one attached hydrogen (secondary N) is 1. The zero-order chi connectivity index (χ0) is 13.4. The Hall–Kier alpha value is -1.07. The second-order valence-electron chi connectivity index (χ2n) is 3.80. The van der Waals surface area contributed by atoms with Crippen LogP contribution in [0.4, 0.5) is 5.69 Å². The molecule has 0 saturated carbocycles. The van der Waals surface area contributed by atoms with Gasteiger partial charge in [-0.15, -0.1) is 0 Å². The van der Waals surface area contributed by atoms with Gasteiger partial charge in [-0.05, 0) is 37.6 Å². The Bertz CT molecular complexity index is 376. The van der Waals surface area contributed by atoms with E-state index in [0.29, 0.717) is 19.8 Å². The van der Waals surface area contributed by atoms with Crippen molar-refractivity contribution in [3.63, 3.8) is 0 Å². The van der Waals surface area contributed by atoms with Gasteiger partial charge >= 0.3 is 5.97 Å². The van der Waals surface area contributed by atoms with E-state index in [2.05, 4.69) is 27.3 Å². The molecule has 4 nitrogen and oxygen atoms in total. The lowest BCUT2D eigenvalue weighted by atomic mass is 10.2. The number of carbonyl (C=O) groups excluding carboxylic acids is 1. The molecule has 0 aliphatic heterocycles. The molecule has 0 saturated heterocycles. The summed E-state index contributed by atoms with van der Waals surface area (Å²) < 4.78 is 11.0. The van der Waals surface area contributed by atoms with E-state index in [1.54, 1.807) is 6.92 Å². The third-order valence-electron chi connectivity index (χ3n) is 2.14. The molecule has 1 aromatic carbocycles. The number of benzene rings is 1. The van der Waals surface area contributed by atoms with Crippen molar-refractivity contribution in [1.29, 1.82) is 0 Å². The van der Waals surface area contributed by atoms with Gasteiger partial charge in [0.2, 0.25) is 0 Å². The standard InChI is InChI=1S/C13H18BrNO3/c1-3-18-13(16)9-17-5-4-15-12-7-10(2)6-11(14)8-12/h6-8,15H,3-5,9H2,1-2H3. The van der Waals surface area contributed by atoms with Crippen molar-refractivity contribution >= 4 is 27.6 Å². The minimum atomic E-state index is -0.323. The highest BCUT2D eigenvalue weighted by atomic mass is 79.9. The molecule has 18 heavy (non-hydrogen) atoms. The fraction of sp³-hybridized carbons (Fsp3) is 0.462. The quantitative estimate of drug-likeness (QED) is 0.621. The zero-order valence-electron chi connectivity index (χ0n) is 10.7. The Labute approximate surface area is 116 Å². The fourth-order valence-electron chi connectivity index (χ4n) is 1.46. The number of anilines is 1. The predicted octanol–water partition coefficient (Wildman–Crippen LogP) is 2.75. The van der Waals surface area contributed by atoms with E-state index in [1.165, 1.54) is 5.56 Å². The summed E-state index contributed by atoms with van der Waals surface area (Å²) in [5.41, 5.74) is 2.21. The van der Waals surface area contributed by atoms with Crippen molar-refractivity contribution < 1.29 is 14.3 Å². The van der Waals surface area contributed by atoms with Crippen LogP contribution in [0.5, 0.6) is 0 Å². The average Bonchev–Trinajstić information content (AvgIpc) is 2.27.